The molecule has 0 atom stereocenters. The van der Waals surface area contributed by atoms with E-state index in [-0.39, 0.29) is 5.75 Å². The topological polar surface area (TPSA) is 56.3 Å². The maximum atomic E-state index is 11.9. The molecule has 0 bridgehead atoms. The van der Waals surface area contributed by atoms with Gasteiger partial charge in [0.05, 0.1) is 16.3 Å². The van der Waals surface area contributed by atoms with Crippen LogP contribution in [0, 0.1) is 0 Å². The Morgan fingerprint density at radius 2 is 1.65 bits per heavy atom. The van der Waals surface area contributed by atoms with Crippen molar-refractivity contribution >= 4 is 32.8 Å². The number of para-hydroxylation sites is 2. The molecule has 0 N–H and O–H groups in total. The molecule has 0 aliphatic carbocycles. The summed E-state index contributed by atoms with van der Waals surface area (Å²) in [4.78, 5) is 4.51. The third-order valence-corrected chi connectivity index (χ3v) is 5.46. The highest BCUT2D eigenvalue weighted by atomic mass is 32.2. The summed E-state index contributed by atoms with van der Waals surface area (Å²) in [6.07, 6.45) is 0. The van der Waals surface area contributed by atoms with Crippen molar-refractivity contribution in [3.63, 3.8) is 0 Å². The van der Waals surface area contributed by atoms with Crippen LogP contribution < -0.4 is 4.18 Å². The SMILES string of the molecule is O=S(=O)(CCSc1ccc2ccccc2n1)Oc1ccccc1. The summed E-state index contributed by atoms with van der Waals surface area (Å²) >= 11 is 1.40. The lowest BCUT2D eigenvalue weighted by molar-refractivity contribution is 0.488. The van der Waals surface area contributed by atoms with Crippen LogP contribution in [0.5, 0.6) is 5.75 Å². The largest absolute Gasteiger partial charge is 0.382 e. The van der Waals surface area contributed by atoms with Crippen LogP contribution in [0.25, 0.3) is 10.9 Å². The van der Waals surface area contributed by atoms with E-state index >= 15 is 0 Å². The predicted molar refractivity (Wildman–Crippen MR) is 93.3 cm³/mol. The minimum absolute atomic E-state index is 0.0684. The number of thioether (sulfide) groups is 1. The van der Waals surface area contributed by atoms with Crippen molar-refractivity contribution in [2.45, 2.75) is 5.03 Å². The first-order valence-corrected chi connectivity index (χ1v) is 9.64. The quantitative estimate of drug-likeness (QED) is 0.503. The number of rotatable bonds is 6. The summed E-state index contributed by atoms with van der Waals surface area (Å²) in [7, 11) is -3.60. The average molecular weight is 345 g/mol. The molecule has 3 rings (SSSR count). The molecule has 0 aliphatic heterocycles. The van der Waals surface area contributed by atoms with Crippen molar-refractivity contribution in [3.05, 3.63) is 66.7 Å². The molecule has 3 aromatic rings. The van der Waals surface area contributed by atoms with Gasteiger partial charge in [0.2, 0.25) is 0 Å². The zero-order valence-electron chi connectivity index (χ0n) is 12.3. The van der Waals surface area contributed by atoms with Gasteiger partial charge >= 0.3 is 10.1 Å². The van der Waals surface area contributed by atoms with Crippen molar-refractivity contribution in [3.8, 4) is 5.75 Å². The molecule has 6 heteroatoms. The standard InChI is InChI=1S/C17H15NO3S2/c19-23(20,21-15-7-2-1-3-8-15)13-12-22-17-11-10-14-6-4-5-9-16(14)18-17/h1-11H,12-13H2. The van der Waals surface area contributed by atoms with Crippen LogP contribution >= 0.6 is 11.8 Å². The third kappa shape index (κ3) is 4.46. The fraction of sp³-hybridized carbons (Fsp3) is 0.118. The summed E-state index contributed by atoms with van der Waals surface area (Å²) in [5.74, 6) is 0.656. The van der Waals surface area contributed by atoms with Crippen LogP contribution in [0.1, 0.15) is 0 Å². The van der Waals surface area contributed by atoms with Crippen LogP contribution in [0.3, 0.4) is 0 Å². The Kier molecular flexibility index (Phi) is 4.83. The maximum Gasteiger partial charge on any atom is 0.310 e. The van der Waals surface area contributed by atoms with Gasteiger partial charge in [0.15, 0.2) is 0 Å². The van der Waals surface area contributed by atoms with Gasteiger partial charge in [0.25, 0.3) is 0 Å². The Labute approximate surface area is 139 Å². The highest BCUT2D eigenvalue weighted by Crippen LogP contribution is 2.20. The fourth-order valence-corrected chi connectivity index (χ4v) is 4.21. The average Bonchev–Trinajstić information content (AvgIpc) is 2.55. The molecule has 0 saturated heterocycles. The van der Waals surface area contributed by atoms with E-state index in [0.717, 1.165) is 15.9 Å². The number of nitrogens with zero attached hydrogens (tertiary/aromatic N) is 1. The number of fused-ring (bicyclic) bond motifs is 1. The van der Waals surface area contributed by atoms with Gasteiger partial charge in [0, 0.05) is 11.1 Å². The Bertz CT molecular complexity index is 896. The van der Waals surface area contributed by atoms with E-state index in [1.807, 2.05) is 36.4 Å². The Morgan fingerprint density at radius 3 is 2.48 bits per heavy atom. The van der Waals surface area contributed by atoms with Gasteiger partial charge in [0.1, 0.15) is 5.75 Å². The number of benzene rings is 2. The lowest BCUT2D eigenvalue weighted by Crippen LogP contribution is -2.15. The molecule has 0 amide bonds. The second-order valence-electron chi connectivity index (χ2n) is 4.85. The number of hydrogen-bond acceptors (Lipinski definition) is 5. The summed E-state index contributed by atoms with van der Waals surface area (Å²) in [5, 5.41) is 1.87. The summed E-state index contributed by atoms with van der Waals surface area (Å²) < 4.78 is 28.9. The summed E-state index contributed by atoms with van der Waals surface area (Å²) in [6.45, 7) is 0. The van der Waals surface area contributed by atoms with Crippen LogP contribution in [0.2, 0.25) is 0 Å². The third-order valence-electron chi connectivity index (χ3n) is 3.12. The van der Waals surface area contributed by atoms with E-state index < -0.39 is 10.1 Å². The normalized spacial score (nSPS) is 11.5. The molecule has 0 saturated carbocycles. The second-order valence-corrected chi connectivity index (χ2v) is 7.65. The molecule has 23 heavy (non-hydrogen) atoms. The number of pyridine rings is 1. The van der Waals surface area contributed by atoms with Crippen LogP contribution in [0.4, 0.5) is 0 Å². The molecule has 2 aromatic carbocycles. The molecule has 4 nitrogen and oxygen atoms in total. The van der Waals surface area contributed by atoms with Crippen LogP contribution in [0.15, 0.2) is 71.8 Å². The Hall–Kier alpha value is -2.05. The molecule has 118 valence electrons. The first kappa shape index (κ1) is 15.8. The number of aromatic nitrogens is 1. The van der Waals surface area contributed by atoms with Crippen molar-refractivity contribution in [2.24, 2.45) is 0 Å². The molecular weight excluding hydrogens is 330 g/mol. The van der Waals surface area contributed by atoms with E-state index in [0.29, 0.717) is 11.5 Å². The molecule has 1 aromatic heterocycles. The first-order chi connectivity index (χ1) is 11.1. The van der Waals surface area contributed by atoms with Gasteiger partial charge in [-0.25, -0.2) is 4.98 Å². The van der Waals surface area contributed by atoms with Gasteiger partial charge in [-0.3, -0.25) is 0 Å². The van der Waals surface area contributed by atoms with Crippen molar-refractivity contribution < 1.29 is 12.6 Å². The summed E-state index contributed by atoms with van der Waals surface area (Å²) in [6, 6.07) is 20.2. The molecule has 1 heterocycles. The zero-order valence-corrected chi connectivity index (χ0v) is 13.9. The van der Waals surface area contributed by atoms with Gasteiger partial charge < -0.3 is 4.18 Å². The van der Waals surface area contributed by atoms with Crippen molar-refractivity contribution in [1.82, 2.24) is 4.98 Å². The molecule has 0 radical (unpaired) electrons. The molecule has 0 spiro atoms. The van der Waals surface area contributed by atoms with E-state index in [1.54, 1.807) is 30.3 Å². The molecule has 0 unspecified atom stereocenters. The second kappa shape index (κ2) is 7.02. The fourth-order valence-electron chi connectivity index (χ4n) is 2.04. The van der Waals surface area contributed by atoms with E-state index in [4.69, 9.17) is 4.18 Å². The highest BCUT2D eigenvalue weighted by molar-refractivity contribution is 8.00. The smallest absolute Gasteiger partial charge is 0.310 e. The van der Waals surface area contributed by atoms with E-state index in [1.165, 1.54) is 11.8 Å². The molecule has 0 aliphatic rings. The molecule has 0 fully saturated rings. The van der Waals surface area contributed by atoms with Crippen molar-refractivity contribution in [1.29, 1.82) is 0 Å². The Morgan fingerprint density at radius 1 is 0.913 bits per heavy atom. The molecular formula is C17H15NO3S2. The lowest BCUT2D eigenvalue weighted by Gasteiger charge is -2.06. The summed E-state index contributed by atoms with van der Waals surface area (Å²) in [5.41, 5.74) is 0.904. The first-order valence-electron chi connectivity index (χ1n) is 7.08. The van der Waals surface area contributed by atoms with Gasteiger partial charge in [-0.1, -0.05) is 42.5 Å². The van der Waals surface area contributed by atoms with Gasteiger partial charge in [-0.05, 0) is 24.3 Å². The predicted octanol–water partition coefficient (Wildman–Crippen LogP) is 3.74. The van der Waals surface area contributed by atoms with Gasteiger partial charge in [-0.15, -0.1) is 11.8 Å². The van der Waals surface area contributed by atoms with Crippen molar-refractivity contribution in [2.75, 3.05) is 11.5 Å². The highest BCUT2D eigenvalue weighted by Gasteiger charge is 2.13. The minimum atomic E-state index is -3.60. The van der Waals surface area contributed by atoms with Crippen LogP contribution in [-0.2, 0) is 10.1 Å². The number of hydrogen-bond donors (Lipinski definition) is 0. The Balaban J connectivity index is 1.59. The van der Waals surface area contributed by atoms with E-state index in [9.17, 15) is 8.42 Å². The maximum absolute atomic E-state index is 11.9. The van der Waals surface area contributed by atoms with Gasteiger partial charge in [-0.2, -0.15) is 8.42 Å². The zero-order chi connectivity index (χ0) is 16.1. The lowest BCUT2D eigenvalue weighted by atomic mass is 10.2. The monoisotopic (exact) mass is 345 g/mol. The van der Waals surface area contributed by atoms with E-state index in [2.05, 4.69) is 4.98 Å². The van der Waals surface area contributed by atoms with Crippen LogP contribution in [-0.4, -0.2) is 24.9 Å². The minimum Gasteiger partial charge on any atom is -0.382 e.